The lowest BCUT2D eigenvalue weighted by molar-refractivity contribution is 0.197. The summed E-state index contributed by atoms with van der Waals surface area (Å²) in [5, 5.41) is 1.20. The highest BCUT2D eigenvalue weighted by Crippen LogP contribution is 2.27. The first-order valence-electron chi connectivity index (χ1n) is 6.26. The molecule has 1 aromatic heterocycles. The molecule has 0 radical (unpaired) electrons. The highest BCUT2D eigenvalue weighted by Gasteiger charge is 2.11. The van der Waals surface area contributed by atoms with Gasteiger partial charge in [-0.25, -0.2) is 4.79 Å². The number of ether oxygens (including phenoxy) is 1. The van der Waals surface area contributed by atoms with Gasteiger partial charge in [-0.3, -0.25) is 5.73 Å². The lowest BCUT2D eigenvalue weighted by Crippen LogP contribution is -2.27. The van der Waals surface area contributed by atoms with Gasteiger partial charge >= 0.3 is 5.63 Å². The maximum atomic E-state index is 11.5. The summed E-state index contributed by atoms with van der Waals surface area (Å²) in [6, 6.07) is 6.29. The van der Waals surface area contributed by atoms with Gasteiger partial charge in [0.15, 0.2) is 0 Å². The third-order valence-electron chi connectivity index (χ3n) is 2.79. The molecule has 1 unspecified atom stereocenters. The minimum atomic E-state index is -0.465. The second-order valence-electron chi connectivity index (χ2n) is 4.37. The number of benzene rings is 1. The van der Waals surface area contributed by atoms with Gasteiger partial charge in [-0.2, -0.15) is 0 Å². The van der Waals surface area contributed by atoms with Crippen LogP contribution in [0.5, 0.6) is 5.75 Å². The van der Waals surface area contributed by atoms with E-state index >= 15 is 0 Å². The second kappa shape index (κ2) is 6.08. The normalized spacial score (nSPS) is 12.6. The first kappa shape index (κ1) is 13.9. The summed E-state index contributed by atoms with van der Waals surface area (Å²) in [7, 11) is 0. The topological polar surface area (TPSA) is 65.5 Å². The summed E-state index contributed by atoms with van der Waals surface area (Å²) in [4.78, 5) is 11.5. The van der Waals surface area contributed by atoms with E-state index in [1.165, 1.54) is 6.07 Å². The Labute approximate surface area is 116 Å². The van der Waals surface area contributed by atoms with Crippen LogP contribution in [0.15, 0.2) is 33.5 Å². The van der Waals surface area contributed by atoms with E-state index < -0.39 is 11.9 Å². The van der Waals surface area contributed by atoms with Gasteiger partial charge in [0.25, 0.3) is 0 Å². The van der Waals surface area contributed by atoms with Gasteiger partial charge in [0.05, 0.1) is 11.5 Å². The van der Waals surface area contributed by atoms with E-state index in [9.17, 15) is 4.79 Å². The van der Waals surface area contributed by atoms with Gasteiger partial charge in [-0.15, -0.1) is 0 Å². The molecule has 0 aliphatic carbocycles. The molecule has 2 N–H and O–H groups in total. The third-order valence-corrected chi connectivity index (χ3v) is 3.02. The van der Waals surface area contributed by atoms with Gasteiger partial charge in [-0.05, 0) is 31.0 Å². The van der Waals surface area contributed by atoms with Crippen LogP contribution in [-0.2, 0) is 0 Å². The van der Waals surface area contributed by atoms with Crippen molar-refractivity contribution in [1.82, 2.24) is 0 Å². The smallest absolute Gasteiger partial charge is 0.339 e. The molecule has 1 atom stereocenters. The largest absolute Gasteiger partial charge is 0.475 e. The van der Waals surface area contributed by atoms with Crippen molar-refractivity contribution in [2.75, 3.05) is 0 Å². The molecule has 1 aromatic carbocycles. The maximum absolute atomic E-state index is 11.5. The Morgan fingerprint density at radius 3 is 2.95 bits per heavy atom. The van der Waals surface area contributed by atoms with Crippen LogP contribution in [0.1, 0.15) is 26.2 Å². The predicted molar refractivity (Wildman–Crippen MR) is 75.6 cm³/mol. The number of rotatable bonds is 5. The zero-order valence-corrected chi connectivity index (χ0v) is 11.4. The number of hydrogen-bond acceptors (Lipinski definition) is 4. The molecule has 0 aliphatic heterocycles. The Bertz CT molecular complexity index is 624. The van der Waals surface area contributed by atoms with Crippen LogP contribution in [-0.4, -0.2) is 6.23 Å². The molecule has 0 saturated carbocycles. The molecular formula is C14H16ClNO3. The zero-order valence-electron chi connectivity index (χ0n) is 10.7. The second-order valence-corrected chi connectivity index (χ2v) is 4.81. The fraction of sp³-hybridized carbons (Fsp3) is 0.357. The van der Waals surface area contributed by atoms with E-state index in [1.807, 2.05) is 0 Å². The Morgan fingerprint density at radius 1 is 1.42 bits per heavy atom. The van der Waals surface area contributed by atoms with E-state index in [2.05, 4.69) is 6.92 Å². The van der Waals surface area contributed by atoms with Crippen molar-refractivity contribution in [3.8, 4) is 5.75 Å². The van der Waals surface area contributed by atoms with Crippen molar-refractivity contribution in [3.05, 3.63) is 39.7 Å². The highest BCUT2D eigenvalue weighted by molar-refractivity contribution is 6.31. The number of fused-ring (bicyclic) bond motifs is 1. The van der Waals surface area contributed by atoms with Crippen LogP contribution in [0.2, 0.25) is 5.02 Å². The molecule has 0 aliphatic rings. The fourth-order valence-corrected chi connectivity index (χ4v) is 2.00. The van der Waals surface area contributed by atoms with Gasteiger partial charge < -0.3 is 9.15 Å². The van der Waals surface area contributed by atoms with Crippen molar-refractivity contribution in [2.45, 2.75) is 32.4 Å². The van der Waals surface area contributed by atoms with Crippen molar-refractivity contribution in [2.24, 2.45) is 5.73 Å². The lowest BCUT2D eigenvalue weighted by Gasteiger charge is -2.15. The number of hydrogen-bond donors (Lipinski definition) is 1. The Kier molecular flexibility index (Phi) is 4.45. The molecule has 5 heteroatoms. The predicted octanol–water partition coefficient (Wildman–Crippen LogP) is 3.30. The highest BCUT2D eigenvalue weighted by atomic mass is 35.5. The molecular weight excluding hydrogens is 266 g/mol. The number of halogens is 1. The van der Waals surface area contributed by atoms with Crippen LogP contribution in [0, 0.1) is 0 Å². The van der Waals surface area contributed by atoms with Gasteiger partial charge in [-0.1, -0.05) is 24.9 Å². The molecule has 2 rings (SSSR count). The van der Waals surface area contributed by atoms with Crippen molar-refractivity contribution in [3.63, 3.8) is 0 Å². The first-order chi connectivity index (χ1) is 9.10. The summed E-state index contributed by atoms with van der Waals surface area (Å²) >= 11 is 5.94. The van der Waals surface area contributed by atoms with Gasteiger partial charge in [0, 0.05) is 5.02 Å². The van der Waals surface area contributed by atoms with Crippen LogP contribution in [0.25, 0.3) is 11.0 Å². The number of unbranched alkanes of at least 4 members (excludes halogenated alkanes) is 1. The van der Waals surface area contributed by atoms with Gasteiger partial charge in [0.1, 0.15) is 17.6 Å². The Balaban J connectivity index is 2.35. The monoisotopic (exact) mass is 281 g/mol. The average molecular weight is 282 g/mol. The summed E-state index contributed by atoms with van der Waals surface area (Å²) in [5.74, 6) is 0.414. The van der Waals surface area contributed by atoms with Crippen LogP contribution < -0.4 is 16.1 Å². The molecule has 19 heavy (non-hydrogen) atoms. The van der Waals surface area contributed by atoms with Crippen molar-refractivity contribution in [1.29, 1.82) is 0 Å². The van der Waals surface area contributed by atoms with Crippen molar-refractivity contribution >= 4 is 22.6 Å². The van der Waals surface area contributed by atoms with E-state index in [4.69, 9.17) is 26.5 Å². The van der Waals surface area contributed by atoms with Crippen LogP contribution >= 0.6 is 11.6 Å². The summed E-state index contributed by atoms with van der Waals surface area (Å²) in [6.45, 7) is 2.08. The molecule has 0 spiro atoms. The minimum Gasteiger partial charge on any atom is -0.475 e. The maximum Gasteiger partial charge on any atom is 0.339 e. The van der Waals surface area contributed by atoms with Crippen molar-refractivity contribution < 1.29 is 9.15 Å². The van der Waals surface area contributed by atoms with E-state index in [0.29, 0.717) is 21.7 Å². The molecule has 0 saturated heterocycles. The van der Waals surface area contributed by atoms with Gasteiger partial charge in [0.2, 0.25) is 0 Å². The van der Waals surface area contributed by atoms with Crippen LogP contribution in [0.3, 0.4) is 0 Å². The standard InChI is InChI=1S/C14H16ClNO3/c1-2-3-4-13(16)18-12-8-14(17)19-11-6-5-9(15)7-10(11)12/h5-8,13H,2-4,16H2,1H3. The lowest BCUT2D eigenvalue weighted by atomic mass is 10.2. The molecule has 102 valence electrons. The molecule has 0 bridgehead atoms. The van der Waals surface area contributed by atoms with E-state index in [0.717, 1.165) is 19.3 Å². The summed E-state index contributed by atoms with van der Waals surface area (Å²) in [6.07, 6.45) is 2.31. The third kappa shape index (κ3) is 3.49. The molecule has 1 heterocycles. The van der Waals surface area contributed by atoms with E-state index in [-0.39, 0.29) is 0 Å². The first-order valence-corrected chi connectivity index (χ1v) is 6.63. The molecule has 4 nitrogen and oxygen atoms in total. The van der Waals surface area contributed by atoms with E-state index in [1.54, 1.807) is 18.2 Å². The quantitative estimate of drug-likeness (QED) is 0.674. The minimum absolute atomic E-state index is 0.414. The number of nitrogens with two attached hydrogens (primary N) is 1. The molecule has 0 amide bonds. The Hall–Kier alpha value is -1.52. The zero-order chi connectivity index (χ0) is 13.8. The SMILES string of the molecule is CCCCC(N)Oc1cc(=O)oc2ccc(Cl)cc12. The summed E-state index contributed by atoms with van der Waals surface area (Å²) in [5.41, 5.74) is 5.86. The Morgan fingerprint density at radius 2 is 2.21 bits per heavy atom. The molecule has 0 fully saturated rings. The summed E-state index contributed by atoms with van der Waals surface area (Å²) < 4.78 is 10.7. The molecule has 2 aromatic rings. The van der Waals surface area contributed by atoms with Crippen LogP contribution in [0.4, 0.5) is 0 Å². The average Bonchev–Trinajstić information content (AvgIpc) is 2.37. The fourth-order valence-electron chi connectivity index (χ4n) is 1.83.